The number of allylic oxidation sites excluding steroid dienone is 16. The minimum atomic E-state index is 0.0139. The van der Waals surface area contributed by atoms with E-state index in [2.05, 4.69) is 205 Å². The second-order valence-corrected chi connectivity index (χ2v) is 21.5. The van der Waals surface area contributed by atoms with Crippen molar-refractivity contribution in [1.29, 1.82) is 0 Å². The summed E-state index contributed by atoms with van der Waals surface area (Å²) >= 11 is 0. The maximum absolute atomic E-state index is 2.73. The van der Waals surface area contributed by atoms with Crippen LogP contribution < -0.4 is 0 Å². The van der Waals surface area contributed by atoms with E-state index < -0.39 is 0 Å². The van der Waals surface area contributed by atoms with E-state index in [9.17, 15) is 0 Å². The first-order valence-corrected chi connectivity index (χ1v) is 23.7. The summed E-state index contributed by atoms with van der Waals surface area (Å²) in [5.74, 6) is 1.63. The molecule has 0 aromatic heterocycles. The summed E-state index contributed by atoms with van der Waals surface area (Å²) in [7, 11) is 0. The molecule has 0 heterocycles. The number of rotatable bonds is 3. The van der Waals surface area contributed by atoms with Crippen LogP contribution in [-0.4, -0.2) is 0 Å². The van der Waals surface area contributed by atoms with Crippen molar-refractivity contribution in [2.45, 2.75) is 88.9 Å². The average Bonchev–Trinajstić information content (AvgIpc) is 3.80. The highest BCUT2D eigenvalue weighted by atomic mass is 14.5. The maximum atomic E-state index is 2.73. The van der Waals surface area contributed by atoms with Crippen molar-refractivity contribution in [2.24, 2.45) is 17.8 Å². The summed E-state index contributed by atoms with van der Waals surface area (Å²) in [5, 5.41) is 0. The zero-order valence-corrected chi connectivity index (χ0v) is 37.6. The third-order valence-corrected chi connectivity index (χ3v) is 17.5. The Balaban J connectivity index is 0.937. The Bertz CT molecular complexity index is 3130. The second kappa shape index (κ2) is 13.0. The van der Waals surface area contributed by atoms with Gasteiger partial charge in [-0.25, -0.2) is 0 Å². The second-order valence-electron chi connectivity index (χ2n) is 21.5. The molecule has 308 valence electrons. The highest BCUT2D eigenvalue weighted by Crippen LogP contribution is 2.60. The number of benzene rings is 5. The van der Waals surface area contributed by atoms with E-state index in [1.54, 1.807) is 11.1 Å². The summed E-state index contributed by atoms with van der Waals surface area (Å²) in [5.41, 5.74) is 28.2. The van der Waals surface area contributed by atoms with Crippen molar-refractivity contribution in [3.05, 3.63) is 236 Å². The minimum absolute atomic E-state index is 0.0139. The molecule has 0 N–H and O–H groups in total. The fraction of sp³-hybridized carbons (Fsp3) is 0.270. The third kappa shape index (κ3) is 5.16. The van der Waals surface area contributed by atoms with E-state index in [0.717, 1.165) is 19.3 Å². The highest BCUT2D eigenvalue weighted by molar-refractivity contribution is 5.92. The molecule has 13 rings (SSSR count). The van der Waals surface area contributed by atoms with Crippen molar-refractivity contribution < 1.29 is 0 Å². The van der Waals surface area contributed by atoms with Gasteiger partial charge in [-0.3, -0.25) is 0 Å². The van der Waals surface area contributed by atoms with Crippen LogP contribution in [0.15, 0.2) is 175 Å². The monoisotopic (exact) mass is 812 g/mol. The largest absolute Gasteiger partial charge is 0.0761 e. The molecular formula is C63H56. The molecule has 0 spiro atoms. The molecule has 5 atom stereocenters. The Hall–Kier alpha value is -5.98. The van der Waals surface area contributed by atoms with Crippen LogP contribution in [0.4, 0.5) is 0 Å². The van der Waals surface area contributed by atoms with Crippen LogP contribution in [0, 0.1) is 17.8 Å². The minimum Gasteiger partial charge on any atom is -0.0761 e. The van der Waals surface area contributed by atoms with Gasteiger partial charge in [-0.2, -0.15) is 0 Å². The van der Waals surface area contributed by atoms with Crippen LogP contribution in [0.2, 0.25) is 0 Å². The van der Waals surface area contributed by atoms with Gasteiger partial charge in [0.2, 0.25) is 0 Å². The van der Waals surface area contributed by atoms with E-state index in [1.807, 2.05) is 0 Å². The Labute approximate surface area is 374 Å². The summed E-state index contributed by atoms with van der Waals surface area (Å²) < 4.78 is 0. The molecular weight excluding hydrogens is 757 g/mol. The lowest BCUT2D eigenvalue weighted by molar-refractivity contribution is 0.418. The summed E-state index contributed by atoms with van der Waals surface area (Å²) in [6, 6.07) is 44.5. The average molecular weight is 813 g/mol. The molecule has 0 nitrogen and oxygen atoms in total. The molecule has 0 amide bonds. The first-order chi connectivity index (χ1) is 30.5. The highest BCUT2D eigenvalue weighted by Gasteiger charge is 2.46. The van der Waals surface area contributed by atoms with Gasteiger partial charge >= 0.3 is 0 Å². The zero-order chi connectivity index (χ0) is 42.6. The van der Waals surface area contributed by atoms with Crippen LogP contribution >= 0.6 is 0 Å². The predicted octanol–water partition coefficient (Wildman–Crippen LogP) is 15.8. The smallest absolute Gasteiger partial charge is 0.0134 e. The summed E-state index contributed by atoms with van der Waals surface area (Å²) in [6.45, 7) is 14.7. The van der Waals surface area contributed by atoms with E-state index >= 15 is 0 Å². The zero-order valence-electron chi connectivity index (χ0n) is 37.6. The molecule has 0 fully saturated rings. The molecule has 5 aromatic rings. The van der Waals surface area contributed by atoms with E-state index in [-0.39, 0.29) is 28.1 Å². The van der Waals surface area contributed by atoms with Gasteiger partial charge < -0.3 is 0 Å². The van der Waals surface area contributed by atoms with Crippen molar-refractivity contribution in [3.8, 4) is 0 Å². The number of fused-ring (bicyclic) bond motifs is 12. The molecule has 0 bridgehead atoms. The van der Waals surface area contributed by atoms with Gasteiger partial charge in [-0.15, -0.1) is 0 Å². The molecule has 0 aliphatic heterocycles. The molecule has 5 unspecified atom stereocenters. The van der Waals surface area contributed by atoms with Crippen molar-refractivity contribution >= 4 is 33.4 Å². The Morgan fingerprint density at radius 1 is 0.444 bits per heavy atom. The molecule has 0 saturated heterocycles. The quantitative estimate of drug-likeness (QED) is 0.170. The first kappa shape index (κ1) is 37.6. The fourth-order valence-corrected chi connectivity index (χ4v) is 14.1. The van der Waals surface area contributed by atoms with Crippen molar-refractivity contribution in [1.82, 2.24) is 0 Å². The lowest BCUT2D eigenvalue weighted by Gasteiger charge is -2.41. The third-order valence-electron chi connectivity index (χ3n) is 17.5. The Morgan fingerprint density at radius 2 is 0.952 bits per heavy atom. The van der Waals surface area contributed by atoms with Gasteiger partial charge in [0, 0.05) is 34.5 Å². The molecule has 63 heavy (non-hydrogen) atoms. The molecule has 0 heteroatoms. The van der Waals surface area contributed by atoms with Gasteiger partial charge in [-0.05, 0) is 125 Å². The predicted molar refractivity (Wildman–Crippen MR) is 265 cm³/mol. The van der Waals surface area contributed by atoms with Gasteiger partial charge in [0.25, 0.3) is 0 Å². The lowest BCUT2D eigenvalue weighted by Crippen LogP contribution is -2.26. The van der Waals surface area contributed by atoms with Gasteiger partial charge in [0.05, 0.1) is 0 Å². The van der Waals surface area contributed by atoms with E-state index in [1.165, 1.54) is 94.6 Å². The van der Waals surface area contributed by atoms with Crippen molar-refractivity contribution in [2.75, 3.05) is 0 Å². The van der Waals surface area contributed by atoms with Crippen molar-refractivity contribution in [3.63, 3.8) is 0 Å². The van der Waals surface area contributed by atoms with Gasteiger partial charge in [0.1, 0.15) is 0 Å². The normalized spacial score (nSPS) is 26.7. The molecule has 0 radical (unpaired) electrons. The van der Waals surface area contributed by atoms with Crippen LogP contribution in [-0.2, 0) is 16.2 Å². The number of hydrogen-bond donors (Lipinski definition) is 0. The molecule has 8 aliphatic rings. The topological polar surface area (TPSA) is 0 Å². The SMILES string of the molecule is CC1(C)C2=C(C=CC(C3=CC4c5cc(C6=CC=C7c8ccccc8C(C)(C)C7C6)ccc5C(C5C=CC6=C(C5)C(C)(C)c5ccccc56)=CC4c4ccccc43)C2)c2ccccc21. The molecule has 0 saturated carbocycles. The Kier molecular flexibility index (Phi) is 7.78. The summed E-state index contributed by atoms with van der Waals surface area (Å²) in [4.78, 5) is 0. The van der Waals surface area contributed by atoms with Crippen LogP contribution in [0.3, 0.4) is 0 Å². The molecule has 5 aromatic carbocycles. The van der Waals surface area contributed by atoms with Gasteiger partial charge in [-0.1, -0.05) is 217 Å². The van der Waals surface area contributed by atoms with Crippen LogP contribution in [0.5, 0.6) is 0 Å². The summed E-state index contributed by atoms with van der Waals surface area (Å²) in [6.07, 6.45) is 23.6. The van der Waals surface area contributed by atoms with Crippen LogP contribution in [0.1, 0.15) is 134 Å². The standard InChI is InChI=1S/C63H56/c1-61(2)55-20-12-9-17-44(55)47-28-24-38(32-58(47)61)37-23-27-43-51(40-26-30-49-46-19-11-14-22-57(46)63(5,6)60(49)34-40)35-53-42-16-8-7-15-41(42)50(36-54(53)52(43)31-37)39-25-29-48-45-18-10-13-21-56(45)62(3,4)59(48)33-39/h7-31,35-36,39-40,53-54,58H,32-34H2,1-6H3. The van der Waals surface area contributed by atoms with E-state index in [4.69, 9.17) is 0 Å². The van der Waals surface area contributed by atoms with Gasteiger partial charge in [0.15, 0.2) is 0 Å². The first-order valence-electron chi connectivity index (χ1n) is 23.7. The Morgan fingerprint density at radius 3 is 1.57 bits per heavy atom. The lowest BCUT2D eigenvalue weighted by atomic mass is 9.63. The molecule has 8 aliphatic carbocycles. The fourth-order valence-electron chi connectivity index (χ4n) is 14.1. The van der Waals surface area contributed by atoms with E-state index in [0.29, 0.717) is 17.8 Å². The number of hydrogen-bond acceptors (Lipinski definition) is 0. The maximum Gasteiger partial charge on any atom is 0.0134 e. The van der Waals surface area contributed by atoms with Crippen LogP contribution in [0.25, 0.3) is 33.4 Å².